The summed E-state index contributed by atoms with van der Waals surface area (Å²) in [5.41, 5.74) is 3.90. The molecular formula is C33H34ClN5O6. The lowest BCUT2D eigenvalue weighted by Crippen LogP contribution is -2.59. The number of halogens is 1. The van der Waals surface area contributed by atoms with Crippen molar-refractivity contribution in [2.24, 2.45) is 0 Å². The van der Waals surface area contributed by atoms with Crippen molar-refractivity contribution in [3.05, 3.63) is 76.8 Å². The number of rotatable bonds is 7. The third-order valence-electron chi connectivity index (χ3n) is 9.35. The number of carbonyl (C=O) groups excluding carboxylic acids is 1. The van der Waals surface area contributed by atoms with Crippen molar-refractivity contribution in [3.63, 3.8) is 0 Å². The number of benzene rings is 2. The Hall–Kier alpha value is -3.90. The van der Waals surface area contributed by atoms with Crippen molar-refractivity contribution < 1.29 is 28.5 Å². The van der Waals surface area contributed by atoms with Crippen LogP contribution in [0, 0.1) is 0 Å². The van der Waals surface area contributed by atoms with Crippen LogP contribution in [-0.4, -0.2) is 83.6 Å². The fourth-order valence-electron chi connectivity index (χ4n) is 6.88. The summed E-state index contributed by atoms with van der Waals surface area (Å²) >= 11 is 6.08. The van der Waals surface area contributed by atoms with Crippen LogP contribution in [0.2, 0.25) is 5.02 Å². The second-order valence-electron chi connectivity index (χ2n) is 12.1. The van der Waals surface area contributed by atoms with Crippen LogP contribution in [0.4, 0.5) is 5.69 Å². The Morgan fingerprint density at radius 3 is 2.76 bits per heavy atom. The molecule has 2 aromatic carbocycles. The van der Waals surface area contributed by atoms with Crippen molar-refractivity contribution in [2.45, 2.75) is 50.4 Å². The van der Waals surface area contributed by atoms with E-state index in [0.717, 1.165) is 48.7 Å². The second kappa shape index (κ2) is 11.2. The molecule has 3 fully saturated rings. The number of hydrogen-bond acceptors (Lipinski definition) is 10. The third kappa shape index (κ3) is 4.98. The molecule has 45 heavy (non-hydrogen) atoms. The molecule has 3 saturated heterocycles. The number of nitrogens with zero attached hydrogens (tertiary/aromatic N) is 5. The van der Waals surface area contributed by atoms with Gasteiger partial charge in [0.2, 0.25) is 0 Å². The summed E-state index contributed by atoms with van der Waals surface area (Å²) in [6, 6.07) is 15.5. The van der Waals surface area contributed by atoms with Gasteiger partial charge in [0.05, 0.1) is 78.9 Å². The summed E-state index contributed by atoms with van der Waals surface area (Å²) in [5.74, 6) is 0.917. The second-order valence-corrected chi connectivity index (χ2v) is 12.5. The number of imidazole rings is 1. The van der Waals surface area contributed by atoms with E-state index in [1.807, 2.05) is 37.3 Å². The van der Waals surface area contributed by atoms with E-state index in [0.29, 0.717) is 54.1 Å². The molecule has 6 heterocycles. The minimum atomic E-state index is -1.06. The Morgan fingerprint density at radius 2 is 1.98 bits per heavy atom. The van der Waals surface area contributed by atoms with Gasteiger partial charge >= 0.3 is 5.97 Å². The number of ether oxygens (including phenoxy) is 5. The van der Waals surface area contributed by atoms with Crippen LogP contribution in [0.5, 0.6) is 11.5 Å². The molecule has 12 heteroatoms. The van der Waals surface area contributed by atoms with Crippen LogP contribution in [0.3, 0.4) is 0 Å². The summed E-state index contributed by atoms with van der Waals surface area (Å²) in [7, 11) is 1.40. The molecule has 11 nitrogen and oxygen atoms in total. The molecule has 4 aromatic rings. The smallest absolute Gasteiger partial charge is 0.337 e. The number of aromatic nitrogens is 3. The lowest BCUT2D eigenvalue weighted by molar-refractivity contribution is -0.0716. The largest absolute Gasteiger partial charge is 0.465 e. The van der Waals surface area contributed by atoms with Gasteiger partial charge in [0, 0.05) is 32.8 Å². The van der Waals surface area contributed by atoms with E-state index in [9.17, 15) is 4.79 Å². The van der Waals surface area contributed by atoms with Crippen molar-refractivity contribution in [1.29, 1.82) is 0 Å². The number of fused-ring (bicyclic) bond motifs is 3. The highest BCUT2D eigenvalue weighted by Gasteiger charge is 2.46. The SMILES string of the molecule is COC(=O)c1ccc2nc(CN3CCN(c4cccc5c4O[C@@](C)(c4ccc(Cl)cn4)O5)[C@@H]4COC[C@@H]43)n(C[C@@H]3CCO3)c2c1. The fraction of sp³-hybridized carbons (Fsp3) is 0.424. The van der Waals surface area contributed by atoms with E-state index in [4.69, 9.17) is 40.3 Å². The summed E-state index contributed by atoms with van der Waals surface area (Å²) < 4.78 is 32.0. The zero-order valence-electron chi connectivity index (χ0n) is 25.1. The zero-order chi connectivity index (χ0) is 30.7. The highest BCUT2D eigenvalue weighted by molar-refractivity contribution is 6.30. The first kappa shape index (κ1) is 28.6. The summed E-state index contributed by atoms with van der Waals surface area (Å²) in [6.45, 7) is 6.81. The van der Waals surface area contributed by atoms with Crippen LogP contribution in [0.15, 0.2) is 54.7 Å². The van der Waals surface area contributed by atoms with Gasteiger partial charge in [0.1, 0.15) is 11.5 Å². The molecule has 0 spiro atoms. The average molecular weight is 632 g/mol. The van der Waals surface area contributed by atoms with Crippen LogP contribution in [0.25, 0.3) is 11.0 Å². The number of para-hydroxylation sites is 1. The van der Waals surface area contributed by atoms with E-state index in [1.54, 1.807) is 18.3 Å². The van der Waals surface area contributed by atoms with Gasteiger partial charge in [0.15, 0.2) is 11.5 Å². The Labute approximate surface area is 265 Å². The highest BCUT2D eigenvalue weighted by Crippen LogP contribution is 2.50. The molecule has 2 aromatic heterocycles. The van der Waals surface area contributed by atoms with E-state index >= 15 is 0 Å². The van der Waals surface area contributed by atoms with Gasteiger partial charge < -0.3 is 33.2 Å². The standard InChI is InChI=1S/C33H34ClN5O6/c1-33(29-9-7-21(34)15-35-29)44-28-5-3-4-24(31(28)45-33)38-12-11-37(26-18-42-19-27(26)38)17-30-36-23-8-6-20(32(40)41-2)14-25(23)39(30)16-22-10-13-43-22/h3-9,14-15,22,26-27H,10-13,16-19H2,1-2H3/t22-,26-,27+,33-/m0/s1. The molecule has 8 rings (SSSR count). The number of methoxy groups -OCH3 is 1. The molecule has 0 aliphatic carbocycles. The normalized spacial score (nSPS) is 25.8. The highest BCUT2D eigenvalue weighted by atomic mass is 35.5. The number of carbonyl (C=O) groups is 1. The molecule has 0 unspecified atom stereocenters. The van der Waals surface area contributed by atoms with Crippen molar-refractivity contribution in [1.82, 2.24) is 19.4 Å². The molecule has 0 saturated carbocycles. The summed E-state index contributed by atoms with van der Waals surface area (Å²) in [4.78, 5) is 26.7. The molecule has 234 valence electrons. The quantitative estimate of drug-likeness (QED) is 0.273. The van der Waals surface area contributed by atoms with Crippen LogP contribution in [-0.2, 0) is 33.1 Å². The number of pyridine rings is 1. The van der Waals surface area contributed by atoms with Gasteiger partial charge in [-0.3, -0.25) is 9.88 Å². The number of esters is 1. The Kier molecular flexibility index (Phi) is 7.09. The molecule has 0 radical (unpaired) electrons. The zero-order valence-corrected chi connectivity index (χ0v) is 25.9. The monoisotopic (exact) mass is 631 g/mol. The fourth-order valence-corrected chi connectivity index (χ4v) is 7.00. The van der Waals surface area contributed by atoms with Gasteiger partial charge in [-0.15, -0.1) is 0 Å². The Morgan fingerprint density at radius 1 is 1.11 bits per heavy atom. The molecule has 0 N–H and O–H groups in total. The summed E-state index contributed by atoms with van der Waals surface area (Å²) in [6.07, 6.45) is 2.75. The molecule has 4 atom stereocenters. The molecule has 4 aliphatic rings. The van der Waals surface area contributed by atoms with E-state index < -0.39 is 5.79 Å². The molecule has 4 aliphatic heterocycles. The minimum absolute atomic E-state index is 0.119. The molecular weight excluding hydrogens is 598 g/mol. The maximum absolute atomic E-state index is 12.3. The van der Waals surface area contributed by atoms with E-state index in [1.165, 1.54) is 7.11 Å². The van der Waals surface area contributed by atoms with Gasteiger partial charge in [-0.1, -0.05) is 17.7 Å². The first-order chi connectivity index (χ1) is 21.9. The Bertz CT molecular complexity index is 1760. The average Bonchev–Trinajstić information content (AvgIpc) is 3.74. The molecule has 0 amide bonds. The Balaban J connectivity index is 1.06. The van der Waals surface area contributed by atoms with Crippen LogP contribution < -0.4 is 14.4 Å². The lowest BCUT2D eigenvalue weighted by Gasteiger charge is -2.44. The van der Waals surface area contributed by atoms with Crippen molar-refractivity contribution >= 4 is 34.3 Å². The number of hydrogen-bond donors (Lipinski definition) is 0. The molecule has 0 bridgehead atoms. The predicted molar refractivity (Wildman–Crippen MR) is 166 cm³/mol. The lowest BCUT2D eigenvalue weighted by atomic mass is 10.0. The first-order valence-electron chi connectivity index (χ1n) is 15.3. The first-order valence-corrected chi connectivity index (χ1v) is 15.7. The predicted octanol–water partition coefficient (Wildman–Crippen LogP) is 4.39. The number of piperazine rings is 1. The number of anilines is 1. The topological polar surface area (TPSA) is 100 Å². The van der Waals surface area contributed by atoms with Gasteiger partial charge in [-0.2, -0.15) is 0 Å². The van der Waals surface area contributed by atoms with Gasteiger partial charge in [0.25, 0.3) is 5.79 Å². The van der Waals surface area contributed by atoms with Crippen molar-refractivity contribution in [3.8, 4) is 11.5 Å². The van der Waals surface area contributed by atoms with Crippen LogP contribution >= 0.6 is 11.6 Å². The van der Waals surface area contributed by atoms with Gasteiger partial charge in [-0.05, 0) is 48.9 Å². The summed E-state index contributed by atoms with van der Waals surface area (Å²) in [5, 5.41) is 0.557. The van der Waals surface area contributed by atoms with E-state index in [2.05, 4.69) is 25.4 Å². The maximum atomic E-state index is 12.3. The minimum Gasteiger partial charge on any atom is -0.465 e. The van der Waals surface area contributed by atoms with Crippen LogP contribution in [0.1, 0.15) is 35.2 Å². The van der Waals surface area contributed by atoms with Crippen molar-refractivity contribution in [2.75, 3.05) is 44.9 Å². The van der Waals surface area contributed by atoms with E-state index in [-0.39, 0.29) is 24.2 Å². The third-order valence-corrected chi connectivity index (χ3v) is 9.58. The van der Waals surface area contributed by atoms with Gasteiger partial charge in [-0.25, -0.2) is 9.78 Å². The maximum Gasteiger partial charge on any atom is 0.337 e.